The average molecular weight is 426 g/mol. The Morgan fingerprint density at radius 1 is 1.55 bits per heavy atom. The van der Waals surface area contributed by atoms with Crippen molar-refractivity contribution in [1.82, 2.24) is 9.88 Å². The summed E-state index contributed by atoms with van der Waals surface area (Å²) >= 11 is 3.49. The van der Waals surface area contributed by atoms with E-state index in [1.807, 2.05) is 11.6 Å². The van der Waals surface area contributed by atoms with Gasteiger partial charge in [-0.3, -0.25) is 4.99 Å². The van der Waals surface area contributed by atoms with E-state index in [0.29, 0.717) is 0 Å². The summed E-state index contributed by atoms with van der Waals surface area (Å²) in [7, 11) is 0. The summed E-state index contributed by atoms with van der Waals surface area (Å²) in [6, 6.07) is 0. The third-order valence-corrected chi connectivity index (χ3v) is 5.37. The lowest BCUT2D eigenvalue weighted by Gasteiger charge is -2.31. The number of hydrogen-bond donors (Lipinski definition) is 1. The molecule has 0 atom stereocenters. The molecule has 0 unspecified atom stereocenters. The van der Waals surface area contributed by atoms with Crippen molar-refractivity contribution in [1.29, 1.82) is 0 Å². The second-order valence-electron chi connectivity index (χ2n) is 4.91. The van der Waals surface area contributed by atoms with Gasteiger partial charge >= 0.3 is 0 Å². The molecule has 1 aliphatic rings. The van der Waals surface area contributed by atoms with Crippen LogP contribution in [0.5, 0.6) is 0 Å². The molecule has 0 bridgehead atoms. The molecule has 2 rings (SSSR count). The second-order valence-corrected chi connectivity index (χ2v) is 7.15. The van der Waals surface area contributed by atoms with Gasteiger partial charge in [0.1, 0.15) is 4.34 Å². The number of nitrogens with zero attached hydrogens (tertiary/aromatic N) is 3. The molecular formula is C13H23IN4S2. The number of hydrogen-bond acceptors (Lipinski definition) is 4. The molecule has 7 heteroatoms. The van der Waals surface area contributed by atoms with E-state index >= 15 is 0 Å². The van der Waals surface area contributed by atoms with Gasteiger partial charge < -0.3 is 10.6 Å². The van der Waals surface area contributed by atoms with Crippen LogP contribution in [0.2, 0.25) is 0 Å². The van der Waals surface area contributed by atoms with Gasteiger partial charge in [-0.25, -0.2) is 4.98 Å². The van der Waals surface area contributed by atoms with Crippen LogP contribution in [0.4, 0.5) is 0 Å². The molecule has 1 saturated heterocycles. The van der Waals surface area contributed by atoms with Crippen molar-refractivity contribution in [3.63, 3.8) is 0 Å². The van der Waals surface area contributed by atoms with E-state index in [9.17, 15) is 0 Å². The fourth-order valence-electron chi connectivity index (χ4n) is 2.04. The summed E-state index contributed by atoms with van der Waals surface area (Å²) in [6.07, 6.45) is 5.36. The van der Waals surface area contributed by atoms with Crippen LogP contribution in [-0.2, 0) is 0 Å². The van der Waals surface area contributed by atoms with Crippen LogP contribution >= 0.6 is 47.1 Å². The van der Waals surface area contributed by atoms with Crippen molar-refractivity contribution in [3.05, 3.63) is 11.6 Å². The lowest BCUT2D eigenvalue weighted by Crippen LogP contribution is -2.42. The van der Waals surface area contributed by atoms with E-state index in [-0.39, 0.29) is 24.0 Å². The third kappa shape index (κ3) is 6.17. The van der Waals surface area contributed by atoms with Gasteiger partial charge in [-0.15, -0.1) is 35.3 Å². The van der Waals surface area contributed by atoms with Gasteiger partial charge in [0.05, 0.1) is 0 Å². The molecule has 0 radical (unpaired) electrons. The predicted molar refractivity (Wildman–Crippen MR) is 99.3 cm³/mol. The van der Waals surface area contributed by atoms with Crippen molar-refractivity contribution in [2.75, 3.05) is 25.4 Å². The summed E-state index contributed by atoms with van der Waals surface area (Å²) in [4.78, 5) is 10.9. The molecule has 1 aromatic rings. The molecule has 114 valence electrons. The maximum Gasteiger partial charge on any atom is 0.191 e. The highest BCUT2D eigenvalue weighted by Crippen LogP contribution is 2.20. The van der Waals surface area contributed by atoms with Crippen molar-refractivity contribution in [2.45, 2.75) is 30.5 Å². The van der Waals surface area contributed by atoms with E-state index < -0.39 is 0 Å². The van der Waals surface area contributed by atoms with Crippen molar-refractivity contribution >= 4 is 53.0 Å². The van der Waals surface area contributed by atoms with E-state index in [2.05, 4.69) is 21.8 Å². The Labute approximate surface area is 146 Å². The fraction of sp³-hybridized carbons (Fsp3) is 0.692. The van der Waals surface area contributed by atoms with Crippen LogP contribution in [0.25, 0.3) is 0 Å². The molecule has 0 aliphatic carbocycles. The average Bonchev–Trinajstić information content (AvgIpc) is 2.92. The number of halogens is 1. The highest BCUT2D eigenvalue weighted by atomic mass is 127. The van der Waals surface area contributed by atoms with Gasteiger partial charge in [0.2, 0.25) is 0 Å². The number of piperidine rings is 1. The summed E-state index contributed by atoms with van der Waals surface area (Å²) in [5.41, 5.74) is 6.03. The maximum absolute atomic E-state index is 6.03. The summed E-state index contributed by atoms with van der Waals surface area (Å²) < 4.78 is 1.14. The van der Waals surface area contributed by atoms with E-state index in [1.54, 1.807) is 23.1 Å². The van der Waals surface area contributed by atoms with Crippen LogP contribution in [0.1, 0.15) is 26.2 Å². The molecule has 1 fully saturated rings. The number of likely N-dealkylation sites (tertiary alicyclic amines) is 1. The van der Waals surface area contributed by atoms with Gasteiger partial charge in [0, 0.05) is 37.0 Å². The lowest BCUT2D eigenvalue weighted by atomic mass is 10.00. The van der Waals surface area contributed by atoms with Crippen molar-refractivity contribution < 1.29 is 0 Å². The Kier molecular flexibility index (Phi) is 8.86. The summed E-state index contributed by atoms with van der Waals surface area (Å²) in [6.45, 7) is 5.24. The minimum Gasteiger partial charge on any atom is -0.370 e. The zero-order valence-electron chi connectivity index (χ0n) is 11.8. The number of aromatic nitrogens is 1. The van der Waals surface area contributed by atoms with Gasteiger partial charge in [-0.1, -0.05) is 18.7 Å². The van der Waals surface area contributed by atoms with Gasteiger partial charge in [-0.05, 0) is 25.2 Å². The van der Waals surface area contributed by atoms with Gasteiger partial charge in [-0.2, -0.15) is 0 Å². The second kappa shape index (κ2) is 9.83. The van der Waals surface area contributed by atoms with Crippen molar-refractivity contribution in [3.8, 4) is 0 Å². The van der Waals surface area contributed by atoms with Crippen molar-refractivity contribution in [2.24, 2.45) is 16.6 Å². The highest BCUT2D eigenvalue weighted by molar-refractivity contribution is 14.0. The Bertz CT molecular complexity index is 389. The first-order valence-corrected chi connectivity index (χ1v) is 8.69. The fourth-order valence-corrected chi connectivity index (χ4v) is 3.67. The quantitative estimate of drug-likeness (QED) is 0.258. The predicted octanol–water partition coefficient (Wildman–Crippen LogP) is 3.29. The van der Waals surface area contributed by atoms with Crippen LogP contribution in [0.3, 0.4) is 0 Å². The smallest absolute Gasteiger partial charge is 0.191 e. The lowest BCUT2D eigenvalue weighted by molar-refractivity contribution is 0.277. The molecule has 4 nitrogen and oxygen atoms in total. The summed E-state index contributed by atoms with van der Waals surface area (Å²) in [5, 5.41) is 2.01. The third-order valence-electron chi connectivity index (χ3n) is 3.32. The molecule has 2 heterocycles. The number of nitrogens with two attached hydrogens (primary N) is 1. The summed E-state index contributed by atoms with van der Waals surface area (Å²) in [5.74, 6) is 2.62. The Morgan fingerprint density at radius 2 is 2.30 bits per heavy atom. The maximum atomic E-state index is 6.03. The minimum absolute atomic E-state index is 0. The Balaban J connectivity index is 0.00000200. The van der Waals surface area contributed by atoms with E-state index in [1.165, 1.54) is 12.8 Å². The molecule has 1 aliphatic heterocycles. The molecule has 0 amide bonds. The van der Waals surface area contributed by atoms with Crippen LogP contribution in [0, 0.1) is 5.92 Å². The molecule has 0 saturated carbocycles. The topological polar surface area (TPSA) is 54.5 Å². The number of rotatable bonds is 5. The Morgan fingerprint density at radius 3 is 2.95 bits per heavy atom. The van der Waals surface area contributed by atoms with Crippen LogP contribution in [0.15, 0.2) is 20.9 Å². The molecule has 0 aromatic carbocycles. The molecule has 1 aromatic heterocycles. The minimum atomic E-state index is 0. The largest absolute Gasteiger partial charge is 0.370 e. The van der Waals surface area contributed by atoms with Gasteiger partial charge in [0.15, 0.2) is 5.96 Å². The first kappa shape index (κ1) is 18.0. The SMILES string of the molecule is CC1CCN(C(N)=NCCCSc2nccs2)CC1.I. The normalized spacial score (nSPS) is 17.1. The van der Waals surface area contributed by atoms with Gasteiger partial charge in [0.25, 0.3) is 0 Å². The Hall–Kier alpha value is -0.0200. The molecular weight excluding hydrogens is 403 g/mol. The number of thiazole rings is 1. The number of thioether (sulfide) groups is 1. The van der Waals surface area contributed by atoms with E-state index in [4.69, 9.17) is 5.73 Å². The zero-order chi connectivity index (χ0) is 13.5. The van der Waals surface area contributed by atoms with Crippen LogP contribution < -0.4 is 5.73 Å². The standard InChI is InChI=1S/C13H22N4S2.HI/c1-11-3-7-17(8-4-11)12(14)15-5-2-9-18-13-16-6-10-19-13;/h6,10-11H,2-5,7-9H2,1H3,(H2,14,15);1H. The first-order chi connectivity index (χ1) is 9.25. The zero-order valence-corrected chi connectivity index (χ0v) is 15.8. The molecule has 0 spiro atoms. The van der Waals surface area contributed by atoms with Crippen LogP contribution in [-0.4, -0.2) is 41.2 Å². The monoisotopic (exact) mass is 426 g/mol. The van der Waals surface area contributed by atoms with E-state index in [0.717, 1.165) is 48.0 Å². The highest BCUT2D eigenvalue weighted by Gasteiger charge is 2.16. The first-order valence-electron chi connectivity index (χ1n) is 6.83. The molecule has 20 heavy (non-hydrogen) atoms. The number of guanidine groups is 1. The number of aliphatic imine (C=N–C) groups is 1. The molecule has 2 N–H and O–H groups in total.